The Morgan fingerprint density at radius 1 is 1.11 bits per heavy atom. The van der Waals surface area contributed by atoms with E-state index in [4.69, 9.17) is 34.7 Å². The van der Waals surface area contributed by atoms with E-state index in [0.29, 0.717) is 15.2 Å². The molecular weight excluding hydrogens is 356 g/mol. The first-order valence-electron chi connectivity index (χ1n) is 5.15. The van der Waals surface area contributed by atoms with Gasteiger partial charge in [-0.15, -0.1) is 0 Å². The third-order valence-corrected chi connectivity index (χ3v) is 4.05. The summed E-state index contributed by atoms with van der Waals surface area (Å²) in [6, 6.07) is 6.46. The smallest absolute Gasteiger partial charge is 0.169 e. The molecule has 0 aromatic heterocycles. The monoisotopic (exact) mass is 363 g/mol. The summed E-state index contributed by atoms with van der Waals surface area (Å²) in [6.07, 6.45) is 0. The van der Waals surface area contributed by atoms with E-state index in [1.165, 1.54) is 6.07 Å². The van der Waals surface area contributed by atoms with Crippen molar-refractivity contribution < 1.29 is 4.39 Å². The van der Waals surface area contributed by atoms with Crippen LogP contribution >= 0.6 is 39.1 Å². The van der Waals surface area contributed by atoms with Crippen molar-refractivity contribution in [3.05, 3.63) is 44.6 Å². The van der Waals surface area contributed by atoms with E-state index in [0.717, 1.165) is 0 Å². The van der Waals surface area contributed by atoms with Crippen LogP contribution in [0.15, 0.2) is 28.7 Å². The van der Waals surface area contributed by atoms with E-state index in [2.05, 4.69) is 21.2 Å². The van der Waals surface area contributed by atoms with Gasteiger partial charge in [-0.05, 0) is 40.2 Å². The van der Waals surface area contributed by atoms with Crippen molar-refractivity contribution in [3.8, 4) is 0 Å². The van der Waals surface area contributed by atoms with Crippen molar-refractivity contribution >= 4 is 61.9 Å². The van der Waals surface area contributed by atoms with Gasteiger partial charge in [0.05, 0.1) is 22.1 Å². The van der Waals surface area contributed by atoms with Crippen molar-refractivity contribution in [2.75, 3.05) is 16.8 Å². The average molecular weight is 365 g/mol. The van der Waals surface area contributed by atoms with Crippen LogP contribution in [0.2, 0.25) is 10.0 Å². The summed E-state index contributed by atoms with van der Waals surface area (Å²) in [7, 11) is 0. The van der Waals surface area contributed by atoms with Crippen molar-refractivity contribution in [2.45, 2.75) is 0 Å². The van der Waals surface area contributed by atoms with Crippen LogP contribution < -0.4 is 16.8 Å². The first kappa shape index (κ1) is 14.2. The lowest BCUT2D eigenvalue weighted by atomic mass is 10.2. The van der Waals surface area contributed by atoms with Gasteiger partial charge in [0.25, 0.3) is 0 Å². The maximum Gasteiger partial charge on any atom is 0.169 e. The van der Waals surface area contributed by atoms with E-state index < -0.39 is 5.82 Å². The van der Waals surface area contributed by atoms with Crippen molar-refractivity contribution in [2.24, 2.45) is 0 Å². The molecular formula is C12H9BrCl2FN3. The molecule has 0 amide bonds. The highest BCUT2D eigenvalue weighted by molar-refractivity contribution is 9.10. The highest BCUT2D eigenvalue weighted by Crippen LogP contribution is 2.36. The lowest BCUT2D eigenvalue weighted by Crippen LogP contribution is -2.02. The Labute approximate surface area is 127 Å². The van der Waals surface area contributed by atoms with Gasteiger partial charge in [-0.2, -0.15) is 0 Å². The zero-order valence-corrected chi connectivity index (χ0v) is 12.6. The van der Waals surface area contributed by atoms with Gasteiger partial charge in [-0.1, -0.05) is 23.2 Å². The molecule has 0 atom stereocenters. The quantitative estimate of drug-likeness (QED) is 0.670. The van der Waals surface area contributed by atoms with Crippen LogP contribution in [0.3, 0.4) is 0 Å². The van der Waals surface area contributed by atoms with E-state index in [1.807, 2.05) is 0 Å². The number of hydrogen-bond donors (Lipinski definition) is 3. The molecule has 19 heavy (non-hydrogen) atoms. The predicted molar refractivity (Wildman–Crippen MR) is 82.7 cm³/mol. The fourth-order valence-electron chi connectivity index (χ4n) is 1.51. The Morgan fingerprint density at radius 3 is 2.42 bits per heavy atom. The molecule has 0 spiro atoms. The maximum atomic E-state index is 14.0. The summed E-state index contributed by atoms with van der Waals surface area (Å²) in [5, 5.41) is 3.24. The summed E-state index contributed by atoms with van der Waals surface area (Å²) in [5.74, 6) is -0.690. The Bertz CT molecular complexity index is 649. The number of anilines is 4. The molecule has 0 aliphatic rings. The number of nitrogen functional groups attached to an aromatic ring is 2. The minimum Gasteiger partial charge on any atom is -0.397 e. The second kappa shape index (κ2) is 5.45. The lowest BCUT2D eigenvalue weighted by molar-refractivity contribution is 0.633. The highest BCUT2D eigenvalue weighted by atomic mass is 79.9. The molecule has 2 rings (SSSR count). The molecule has 0 heterocycles. The number of nitrogens with one attached hydrogen (secondary N) is 1. The van der Waals surface area contributed by atoms with Gasteiger partial charge >= 0.3 is 0 Å². The Hall–Kier alpha value is -1.17. The van der Waals surface area contributed by atoms with Crippen LogP contribution in [0.5, 0.6) is 0 Å². The summed E-state index contributed by atoms with van der Waals surface area (Å²) in [5.41, 5.74) is 12.2. The van der Waals surface area contributed by atoms with Crippen molar-refractivity contribution in [3.63, 3.8) is 0 Å². The van der Waals surface area contributed by atoms with Crippen LogP contribution in [-0.4, -0.2) is 0 Å². The van der Waals surface area contributed by atoms with E-state index >= 15 is 0 Å². The number of rotatable bonds is 2. The molecule has 100 valence electrons. The molecule has 0 aliphatic heterocycles. The third kappa shape index (κ3) is 2.88. The summed E-state index contributed by atoms with van der Waals surface area (Å²) < 4.78 is 14.7. The second-order valence-corrected chi connectivity index (χ2v) is 5.45. The van der Waals surface area contributed by atoms with Crippen molar-refractivity contribution in [1.29, 1.82) is 0 Å². The second-order valence-electron chi connectivity index (χ2n) is 3.81. The van der Waals surface area contributed by atoms with Crippen LogP contribution in [-0.2, 0) is 0 Å². The Morgan fingerprint density at radius 2 is 1.79 bits per heavy atom. The van der Waals surface area contributed by atoms with E-state index in [1.54, 1.807) is 18.2 Å². The normalized spacial score (nSPS) is 10.5. The zero-order valence-electron chi connectivity index (χ0n) is 9.48. The van der Waals surface area contributed by atoms with Gasteiger partial charge in [0.2, 0.25) is 0 Å². The fraction of sp³-hybridized carbons (Fsp3) is 0. The lowest BCUT2D eigenvalue weighted by Gasteiger charge is -2.13. The summed E-state index contributed by atoms with van der Waals surface area (Å²) >= 11 is 14.9. The summed E-state index contributed by atoms with van der Waals surface area (Å²) in [6.45, 7) is 0. The molecule has 0 fully saturated rings. The largest absolute Gasteiger partial charge is 0.397 e. The van der Waals surface area contributed by atoms with Gasteiger partial charge in [0.15, 0.2) is 5.82 Å². The van der Waals surface area contributed by atoms with Crippen molar-refractivity contribution in [1.82, 2.24) is 0 Å². The number of halogens is 4. The summed E-state index contributed by atoms with van der Waals surface area (Å²) in [4.78, 5) is 0. The Balaban J connectivity index is 2.43. The predicted octanol–water partition coefficient (Wildman–Crippen LogP) is 4.80. The first-order valence-corrected chi connectivity index (χ1v) is 6.70. The fourth-order valence-corrected chi connectivity index (χ4v) is 2.16. The molecule has 2 aromatic rings. The molecule has 3 nitrogen and oxygen atoms in total. The first-order chi connectivity index (χ1) is 8.90. The van der Waals surface area contributed by atoms with Crippen LogP contribution in [0.25, 0.3) is 0 Å². The molecule has 0 radical (unpaired) electrons. The van der Waals surface area contributed by atoms with E-state index in [-0.39, 0.29) is 22.1 Å². The number of benzene rings is 2. The van der Waals surface area contributed by atoms with E-state index in [9.17, 15) is 4.39 Å². The third-order valence-electron chi connectivity index (χ3n) is 2.45. The highest BCUT2D eigenvalue weighted by Gasteiger charge is 2.14. The standard InChI is InChI=1S/C12H9BrCl2FN3/c13-6-3-5(1-2-7(6)14)19-12-9(18)4-8(17)10(15)11(12)16/h1-4,19H,17-18H2. The van der Waals surface area contributed by atoms with Gasteiger partial charge in [-0.3, -0.25) is 0 Å². The Kier molecular flexibility index (Phi) is 4.08. The topological polar surface area (TPSA) is 64.1 Å². The maximum absolute atomic E-state index is 14.0. The molecule has 0 aliphatic carbocycles. The molecule has 0 unspecified atom stereocenters. The van der Waals surface area contributed by atoms with Gasteiger partial charge in [0.1, 0.15) is 5.02 Å². The molecule has 2 aromatic carbocycles. The number of hydrogen-bond acceptors (Lipinski definition) is 3. The molecule has 0 saturated carbocycles. The van der Waals surface area contributed by atoms with Crippen LogP contribution in [0.1, 0.15) is 0 Å². The van der Waals surface area contributed by atoms with Crippen LogP contribution in [0, 0.1) is 5.82 Å². The SMILES string of the molecule is Nc1cc(N)c(Nc2ccc(Cl)c(Br)c2)c(F)c1Cl. The molecule has 0 bridgehead atoms. The van der Waals surface area contributed by atoms with Gasteiger partial charge < -0.3 is 16.8 Å². The molecule has 7 heteroatoms. The van der Waals surface area contributed by atoms with Gasteiger partial charge in [0, 0.05) is 10.2 Å². The molecule has 0 saturated heterocycles. The van der Waals surface area contributed by atoms with Gasteiger partial charge in [-0.25, -0.2) is 4.39 Å². The minimum atomic E-state index is -0.690. The number of nitrogens with two attached hydrogens (primary N) is 2. The molecule has 5 N–H and O–H groups in total. The zero-order chi connectivity index (χ0) is 14.2. The average Bonchev–Trinajstić information content (AvgIpc) is 2.36. The minimum absolute atomic E-state index is 0.0772. The van der Waals surface area contributed by atoms with Crippen LogP contribution in [0.4, 0.5) is 27.1 Å².